The zero-order valence-corrected chi connectivity index (χ0v) is 14.2. The van der Waals surface area contributed by atoms with Crippen LogP contribution in [-0.2, 0) is 6.54 Å². The number of nitrogens with one attached hydrogen (secondary N) is 1. The van der Waals surface area contributed by atoms with E-state index in [1.54, 1.807) is 0 Å². The zero-order chi connectivity index (χ0) is 16.8. The van der Waals surface area contributed by atoms with Gasteiger partial charge >= 0.3 is 0 Å². The summed E-state index contributed by atoms with van der Waals surface area (Å²) in [6, 6.07) is 10.7. The van der Waals surface area contributed by atoms with Gasteiger partial charge in [-0.2, -0.15) is 5.10 Å². The molecule has 1 fully saturated rings. The molecule has 0 saturated heterocycles. The number of aromatic nitrogens is 4. The van der Waals surface area contributed by atoms with Crippen molar-refractivity contribution in [3.05, 3.63) is 59.8 Å². The fourth-order valence-corrected chi connectivity index (χ4v) is 3.31. The van der Waals surface area contributed by atoms with E-state index < -0.39 is 0 Å². The van der Waals surface area contributed by atoms with E-state index in [0.29, 0.717) is 5.92 Å². The van der Waals surface area contributed by atoms with Crippen molar-refractivity contribution in [3.63, 3.8) is 0 Å². The highest BCUT2D eigenvalue weighted by molar-refractivity contribution is 5.92. The van der Waals surface area contributed by atoms with Crippen molar-refractivity contribution >= 4 is 17.3 Å². The van der Waals surface area contributed by atoms with Crippen LogP contribution in [-0.4, -0.2) is 32.1 Å². The quantitative estimate of drug-likeness (QED) is 0.800. The van der Waals surface area contributed by atoms with E-state index in [9.17, 15) is 0 Å². The van der Waals surface area contributed by atoms with Crippen LogP contribution in [0.4, 0.5) is 11.5 Å². The van der Waals surface area contributed by atoms with Crippen molar-refractivity contribution in [2.75, 3.05) is 11.4 Å². The third-order valence-electron chi connectivity index (χ3n) is 4.90. The molecule has 2 aliphatic rings. The average molecular weight is 332 g/mol. The summed E-state index contributed by atoms with van der Waals surface area (Å²) >= 11 is 0. The molecule has 0 unspecified atom stereocenters. The molecule has 0 spiro atoms. The molecule has 5 rings (SSSR count). The van der Waals surface area contributed by atoms with Gasteiger partial charge < -0.3 is 4.90 Å². The van der Waals surface area contributed by atoms with E-state index in [4.69, 9.17) is 4.99 Å². The number of anilines is 1. The maximum atomic E-state index is 4.81. The van der Waals surface area contributed by atoms with Crippen molar-refractivity contribution in [2.24, 2.45) is 4.99 Å². The van der Waals surface area contributed by atoms with Gasteiger partial charge in [-0.05, 0) is 31.9 Å². The van der Waals surface area contributed by atoms with Crippen LogP contribution in [0.1, 0.15) is 35.8 Å². The number of H-pyrrole nitrogens is 1. The van der Waals surface area contributed by atoms with Crippen molar-refractivity contribution in [3.8, 4) is 0 Å². The van der Waals surface area contributed by atoms with Crippen LogP contribution < -0.4 is 4.90 Å². The minimum absolute atomic E-state index is 0.653. The number of benzene rings is 1. The second kappa shape index (κ2) is 5.58. The van der Waals surface area contributed by atoms with Crippen molar-refractivity contribution in [1.82, 2.24) is 19.7 Å². The van der Waals surface area contributed by atoms with Gasteiger partial charge in [-0.15, -0.1) is 0 Å². The molecule has 6 heteroatoms. The summed E-state index contributed by atoms with van der Waals surface area (Å²) in [5, 5.41) is 7.50. The molecule has 0 bridgehead atoms. The fraction of sp³-hybridized carbons (Fsp3) is 0.316. The van der Waals surface area contributed by atoms with Crippen LogP contribution in [0.15, 0.2) is 47.7 Å². The van der Waals surface area contributed by atoms with Gasteiger partial charge in [0.15, 0.2) is 5.82 Å². The molecule has 0 amide bonds. The van der Waals surface area contributed by atoms with Gasteiger partial charge in [-0.25, -0.2) is 9.98 Å². The van der Waals surface area contributed by atoms with Crippen LogP contribution in [0.25, 0.3) is 0 Å². The van der Waals surface area contributed by atoms with E-state index in [0.717, 1.165) is 30.6 Å². The SMILES string of the molecule is Cc1ccc(N2CC(=Nc3cc(C4CC4)[nH]n3)n3ccnc3C2)cc1. The van der Waals surface area contributed by atoms with E-state index in [2.05, 4.69) is 61.9 Å². The summed E-state index contributed by atoms with van der Waals surface area (Å²) in [5.41, 5.74) is 3.66. The van der Waals surface area contributed by atoms with E-state index in [-0.39, 0.29) is 0 Å². The second-order valence-corrected chi connectivity index (χ2v) is 6.89. The molecule has 1 aliphatic carbocycles. The Labute approximate surface area is 146 Å². The van der Waals surface area contributed by atoms with E-state index in [1.807, 2.05) is 12.4 Å². The molecule has 25 heavy (non-hydrogen) atoms. The van der Waals surface area contributed by atoms with Gasteiger partial charge in [-0.1, -0.05) is 17.7 Å². The Morgan fingerprint density at radius 1 is 1.16 bits per heavy atom. The van der Waals surface area contributed by atoms with Crippen LogP contribution in [0, 0.1) is 6.92 Å². The molecule has 2 aromatic heterocycles. The van der Waals surface area contributed by atoms with E-state index in [1.165, 1.54) is 29.8 Å². The molecule has 0 radical (unpaired) electrons. The maximum absolute atomic E-state index is 4.81. The maximum Gasteiger partial charge on any atom is 0.175 e. The van der Waals surface area contributed by atoms with E-state index >= 15 is 0 Å². The lowest BCUT2D eigenvalue weighted by Gasteiger charge is -2.30. The number of fused-ring (bicyclic) bond motifs is 1. The molecule has 3 aromatic rings. The minimum atomic E-state index is 0.653. The Morgan fingerprint density at radius 2 is 2.00 bits per heavy atom. The Morgan fingerprint density at radius 3 is 2.80 bits per heavy atom. The summed E-state index contributed by atoms with van der Waals surface area (Å²) in [7, 11) is 0. The monoisotopic (exact) mass is 332 g/mol. The third kappa shape index (κ3) is 2.73. The lowest BCUT2D eigenvalue weighted by molar-refractivity contribution is 0.753. The number of nitrogens with zero attached hydrogens (tertiary/aromatic N) is 5. The number of aryl methyl sites for hydroxylation is 1. The molecule has 1 saturated carbocycles. The summed E-state index contributed by atoms with van der Waals surface area (Å²) in [4.78, 5) is 11.6. The highest BCUT2D eigenvalue weighted by atomic mass is 15.3. The van der Waals surface area contributed by atoms with Crippen LogP contribution in [0.3, 0.4) is 0 Å². The van der Waals surface area contributed by atoms with Gasteiger partial charge in [0.05, 0.1) is 13.1 Å². The molecule has 1 N–H and O–H groups in total. The van der Waals surface area contributed by atoms with Gasteiger partial charge in [0.2, 0.25) is 0 Å². The predicted molar refractivity (Wildman–Crippen MR) is 97.5 cm³/mol. The summed E-state index contributed by atoms with van der Waals surface area (Å²) < 4.78 is 2.08. The normalized spacial score (nSPS) is 18.6. The molecular weight excluding hydrogens is 312 g/mol. The molecular formula is C19H20N6. The molecule has 1 aliphatic heterocycles. The Bertz CT molecular complexity index is 929. The highest BCUT2D eigenvalue weighted by Gasteiger charge is 2.26. The number of hydrogen-bond acceptors (Lipinski definition) is 4. The Kier molecular flexibility index (Phi) is 3.23. The molecule has 1 aromatic carbocycles. The Balaban J connectivity index is 1.49. The number of hydrogen-bond donors (Lipinski definition) is 1. The number of rotatable bonds is 3. The predicted octanol–water partition coefficient (Wildman–Crippen LogP) is 3.39. The first-order valence-electron chi connectivity index (χ1n) is 8.73. The molecule has 0 atom stereocenters. The number of aliphatic imine (C=N–C) groups is 1. The highest BCUT2D eigenvalue weighted by Crippen LogP contribution is 2.39. The van der Waals surface area contributed by atoms with Crippen LogP contribution >= 0.6 is 0 Å². The lowest BCUT2D eigenvalue weighted by atomic mass is 10.2. The molecule has 126 valence electrons. The zero-order valence-electron chi connectivity index (χ0n) is 14.2. The third-order valence-corrected chi connectivity index (χ3v) is 4.90. The first-order chi connectivity index (χ1) is 12.3. The molecule has 6 nitrogen and oxygen atoms in total. The van der Waals surface area contributed by atoms with Crippen molar-refractivity contribution < 1.29 is 0 Å². The smallest absolute Gasteiger partial charge is 0.175 e. The standard InChI is InChI=1S/C19H20N6/c1-13-2-6-15(7-3-13)24-11-18-20-8-9-25(18)19(12-24)21-17-10-16(22-23-17)14-4-5-14/h2-3,6-10,14H,4-5,11-12H2,1H3,(H,22,23). The topological polar surface area (TPSA) is 62.1 Å². The summed E-state index contributed by atoms with van der Waals surface area (Å²) in [5.74, 6) is 3.36. The van der Waals surface area contributed by atoms with Crippen molar-refractivity contribution in [1.29, 1.82) is 0 Å². The average Bonchev–Trinajstić information content (AvgIpc) is 3.17. The second-order valence-electron chi connectivity index (χ2n) is 6.89. The number of imidazole rings is 1. The van der Waals surface area contributed by atoms with Gasteiger partial charge in [-0.3, -0.25) is 9.67 Å². The van der Waals surface area contributed by atoms with Crippen LogP contribution in [0.5, 0.6) is 0 Å². The van der Waals surface area contributed by atoms with Gasteiger partial charge in [0.1, 0.15) is 11.7 Å². The van der Waals surface area contributed by atoms with Gasteiger partial charge in [0.25, 0.3) is 0 Å². The summed E-state index contributed by atoms with van der Waals surface area (Å²) in [6.45, 7) is 3.62. The fourth-order valence-electron chi connectivity index (χ4n) is 3.31. The first kappa shape index (κ1) is 14.5. The lowest BCUT2D eigenvalue weighted by Crippen LogP contribution is -2.39. The van der Waals surface area contributed by atoms with Gasteiger partial charge in [0, 0.05) is 35.8 Å². The largest absolute Gasteiger partial charge is 0.357 e. The number of aromatic amines is 1. The first-order valence-corrected chi connectivity index (χ1v) is 8.73. The van der Waals surface area contributed by atoms with Crippen LogP contribution in [0.2, 0.25) is 0 Å². The summed E-state index contributed by atoms with van der Waals surface area (Å²) in [6.07, 6.45) is 6.33. The Hall–Kier alpha value is -2.89. The molecule has 3 heterocycles. The minimum Gasteiger partial charge on any atom is -0.357 e. The van der Waals surface area contributed by atoms with Crippen molar-refractivity contribution in [2.45, 2.75) is 32.2 Å².